The summed E-state index contributed by atoms with van der Waals surface area (Å²) in [4.78, 5) is 25.5. The Morgan fingerprint density at radius 3 is 2.45 bits per heavy atom. The van der Waals surface area contributed by atoms with E-state index in [0.29, 0.717) is 10.9 Å². The van der Waals surface area contributed by atoms with Crippen LogP contribution in [0.5, 0.6) is 5.75 Å². The maximum atomic E-state index is 13.2. The molecule has 1 amide bonds. The summed E-state index contributed by atoms with van der Waals surface area (Å²) in [6, 6.07) is 20.3. The van der Waals surface area contributed by atoms with Crippen LogP contribution in [0.3, 0.4) is 0 Å². The van der Waals surface area contributed by atoms with Crippen LogP contribution in [0.4, 0.5) is 4.39 Å². The minimum Gasteiger partial charge on any atom is -0.502 e. The fraction of sp³-hybridized carbons (Fsp3) is 0.120. The summed E-state index contributed by atoms with van der Waals surface area (Å²) in [6.45, 7) is 1.82. The van der Waals surface area contributed by atoms with E-state index in [4.69, 9.17) is 0 Å². The van der Waals surface area contributed by atoms with Crippen LogP contribution in [-0.2, 0) is 7.05 Å². The third kappa shape index (κ3) is 3.80. The Hall–Kier alpha value is -3.93. The van der Waals surface area contributed by atoms with Crippen LogP contribution in [0, 0.1) is 5.82 Å². The first-order chi connectivity index (χ1) is 14.9. The number of carbonyl (C=O) groups is 1. The molecule has 1 atom stereocenters. The van der Waals surface area contributed by atoms with E-state index in [2.05, 4.69) is 5.32 Å². The molecule has 0 spiro atoms. The molecule has 0 aliphatic heterocycles. The van der Waals surface area contributed by atoms with Crippen molar-refractivity contribution in [3.05, 3.63) is 100 Å². The lowest BCUT2D eigenvalue weighted by atomic mass is 9.99. The van der Waals surface area contributed by atoms with Gasteiger partial charge in [0.15, 0.2) is 5.75 Å². The molecule has 0 aliphatic rings. The highest BCUT2D eigenvalue weighted by molar-refractivity contribution is 6.08. The Morgan fingerprint density at radius 2 is 1.71 bits per heavy atom. The van der Waals surface area contributed by atoms with Crippen LogP contribution >= 0.6 is 0 Å². The van der Waals surface area contributed by atoms with Gasteiger partial charge in [-0.25, -0.2) is 4.39 Å². The SMILES string of the molecule is C[C@@H](NC(=O)c1c(O)c(=O)n(C)c2ccccc12)c1cccc(-c2ccc(F)cc2)c1. The van der Waals surface area contributed by atoms with Crippen LogP contribution in [0.25, 0.3) is 22.0 Å². The Labute approximate surface area is 178 Å². The minimum atomic E-state index is -0.630. The molecular formula is C25H21FN2O3. The lowest BCUT2D eigenvalue weighted by Crippen LogP contribution is -2.29. The fourth-order valence-corrected chi connectivity index (χ4v) is 3.69. The van der Waals surface area contributed by atoms with Gasteiger partial charge in [-0.15, -0.1) is 0 Å². The molecule has 2 N–H and O–H groups in total. The second-order valence-corrected chi connectivity index (χ2v) is 7.43. The number of fused-ring (bicyclic) bond motifs is 1. The van der Waals surface area contributed by atoms with Crippen LogP contribution < -0.4 is 10.9 Å². The third-order valence-corrected chi connectivity index (χ3v) is 5.42. The van der Waals surface area contributed by atoms with Crippen molar-refractivity contribution in [2.75, 3.05) is 0 Å². The molecular weight excluding hydrogens is 395 g/mol. The molecule has 4 aromatic rings. The van der Waals surface area contributed by atoms with Gasteiger partial charge < -0.3 is 15.0 Å². The van der Waals surface area contributed by atoms with Gasteiger partial charge in [0.2, 0.25) is 0 Å². The highest BCUT2D eigenvalue weighted by Gasteiger charge is 2.22. The number of rotatable bonds is 4. The average Bonchev–Trinajstić information content (AvgIpc) is 2.78. The van der Waals surface area contributed by atoms with Gasteiger partial charge in [-0.05, 0) is 47.9 Å². The maximum absolute atomic E-state index is 13.2. The molecule has 3 aromatic carbocycles. The van der Waals surface area contributed by atoms with Gasteiger partial charge in [0.1, 0.15) is 5.82 Å². The number of aromatic nitrogens is 1. The summed E-state index contributed by atoms with van der Waals surface area (Å²) < 4.78 is 14.5. The lowest BCUT2D eigenvalue weighted by molar-refractivity contribution is 0.0938. The van der Waals surface area contributed by atoms with Crippen LogP contribution in [0.1, 0.15) is 28.9 Å². The molecule has 0 aliphatic carbocycles. The van der Waals surface area contributed by atoms with Crippen molar-refractivity contribution in [2.24, 2.45) is 7.05 Å². The van der Waals surface area contributed by atoms with Crippen LogP contribution in [0.2, 0.25) is 0 Å². The molecule has 1 aromatic heterocycles. The van der Waals surface area contributed by atoms with Crippen molar-refractivity contribution in [1.82, 2.24) is 9.88 Å². The molecule has 0 saturated heterocycles. The van der Waals surface area contributed by atoms with Gasteiger partial charge in [0.25, 0.3) is 11.5 Å². The van der Waals surface area contributed by atoms with Gasteiger partial charge in [-0.3, -0.25) is 9.59 Å². The summed E-state index contributed by atoms with van der Waals surface area (Å²) in [5.74, 6) is -1.42. The number of pyridine rings is 1. The number of benzene rings is 3. The maximum Gasteiger partial charge on any atom is 0.293 e. The molecule has 6 heteroatoms. The van der Waals surface area contributed by atoms with E-state index in [9.17, 15) is 19.1 Å². The van der Waals surface area contributed by atoms with E-state index in [1.807, 2.05) is 31.2 Å². The second kappa shape index (κ2) is 8.07. The quantitative estimate of drug-likeness (QED) is 0.513. The Kier molecular flexibility index (Phi) is 5.29. The number of aromatic hydroxyl groups is 1. The van der Waals surface area contributed by atoms with Gasteiger partial charge >= 0.3 is 0 Å². The normalized spacial score (nSPS) is 12.0. The zero-order chi connectivity index (χ0) is 22.1. The lowest BCUT2D eigenvalue weighted by Gasteiger charge is -2.17. The summed E-state index contributed by atoms with van der Waals surface area (Å²) >= 11 is 0. The first kappa shape index (κ1) is 20.3. The molecule has 5 nitrogen and oxygen atoms in total. The molecule has 0 fully saturated rings. The van der Waals surface area contributed by atoms with Crippen molar-refractivity contribution >= 4 is 16.8 Å². The molecule has 0 unspecified atom stereocenters. The number of halogens is 1. The van der Waals surface area contributed by atoms with Crippen molar-refractivity contribution in [2.45, 2.75) is 13.0 Å². The van der Waals surface area contributed by atoms with E-state index < -0.39 is 23.3 Å². The Bertz CT molecular complexity index is 1340. The molecule has 31 heavy (non-hydrogen) atoms. The van der Waals surface area contributed by atoms with Gasteiger partial charge in [0.05, 0.1) is 17.1 Å². The summed E-state index contributed by atoms with van der Waals surface area (Å²) in [5.41, 5.74) is 2.47. The molecule has 0 bridgehead atoms. The first-order valence-electron chi connectivity index (χ1n) is 9.84. The minimum absolute atomic E-state index is 0.0414. The van der Waals surface area contributed by atoms with Crippen LogP contribution in [-0.4, -0.2) is 15.6 Å². The largest absolute Gasteiger partial charge is 0.502 e. The van der Waals surface area contributed by atoms with Gasteiger partial charge in [-0.2, -0.15) is 0 Å². The predicted octanol–water partition coefficient (Wildman–Crippen LogP) is 4.54. The van der Waals surface area contributed by atoms with E-state index in [1.54, 1.807) is 43.4 Å². The van der Waals surface area contributed by atoms with Gasteiger partial charge in [-0.1, -0.05) is 48.5 Å². The second-order valence-electron chi connectivity index (χ2n) is 7.43. The van der Waals surface area contributed by atoms with Crippen molar-refractivity contribution in [3.63, 3.8) is 0 Å². The average molecular weight is 416 g/mol. The number of amides is 1. The van der Waals surface area contributed by atoms with E-state index in [-0.39, 0.29) is 11.4 Å². The summed E-state index contributed by atoms with van der Waals surface area (Å²) in [5, 5.41) is 13.8. The van der Waals surface area contributed by atoms with E-state index in [1.165, 1.54) is 16.7 Å². The highest BCUT2D eigenvalue weighted by atomic mass is 19.1. The summed E-state index contributed by atoms with van der Waals surface area (Å²) in [6.07, 6.45) is 0. The first-order valence-corrected chi connectivity index (χ1v) is 9.84. The zero-order valence-electron chi connectivity index (χ0n) is 17.1. The fourth-order valence-electron chi connectivity index (χ4n) is 3.69. The molecule has 0 radical (unpaired) electrons. The predicted molar refractivity (Wildman–Crippen MR) is 119 cm³/mol. The van der Waals surface area contributed by atoms with Crippen molar-refractivity contribution in [3.8, 4) is 16.9 Å². The zero-order valence-corrected chi connectivity index (χ0v) is 17.1. The molecule has 1 heterocycles. The topological polar surface area (TPSA) is 71.3 Å². The number of carbonyl (C=O) groups excluding carboxylic acids is 1. The molecule has 156 valence electrons. The van der Waals surface area contributed by atoms with Crippen molar-refractivity contribution in [1.29, 1.82) is 0 Å². The standard InChI is InChI=1S/C25H21FN2O3/c1-15(17-6-5-7-18(14-17)16-10-12-19(26)13-11-16)27-24(30)22-20-8-3-4-9-21(20)28(2)25(31)23(22)29/h3-15,29H,1-2H3,(H,27,30)/t15-/m1/s1. The Balaban J connectivity index is 1.67. The number of nitrogens with zero attached hydrogens (tertiary/aromatic N) is 1. The molecule has 4 rings (SSSR count). The van der Waals surface area contributed by atoms with Crippen LogP contribution in [0.15, 0.2) is 77.6 Å². The van der Waals surface area contributed by atoms with Crippen molar-refractivity contribution < 1.29 is 14.3 Å². The monoisotopic (exact) mass is 416 g/mol. The number of nitrogens with one attached hydrogen (secondary N) is 1. The molecule has 0 saturated carbocycles. The van der Waals surface area contributed by atoms with E-state index in [0.717, 1.165) is 16.7 Å². The summed E-state index contributed by atoms with van der Waals surface area (Å²) in [7, 11) is 1.55. The third-order valence-electron chi connectivity index (χ3n) is 5.42. The van der Waals surface area contributed by atoms with Gasteiger partial charge in [0, 0.05) is 12.4 Å². The number of para-hydroxylation sites is 1. The number of aryl methyl sites for hydroxylation is 1. The van der Waals surface area contributed by atoms with E-state index >= 15 is 0 Å². The Morgan fingerprint density at radius 1 is 1.00 bits per heavy atom. The number of hydrogen-bond acceptors (Lipinski definition) is 3. The number of hydrogen-bond donors (Lipinski definition) is 2. The highest BCUT2D eigenvalue weighted by Crippen LogP contribution is 2.26. The smallest absolute Gasteiger partial charge is 0.293 e.